The molecule has 2 aliphatic heterocycles. The number of rotatable bonds is 18. The topological polar surface area (TPSA) is 152 Å². The number of benzene rings is 2. The number of hydrogen-bond acceptors (Lipinski definition) is 12. The zero-order chi connectivity index (χ0) is 41.6. The number of carbonyl (C=O) groups is 1. The summed E-state index contributed by atoms with van der Waals surface area (Å²) >= 11 is 0. The summed E-state index contributed by atoms with van der Waals surface area (Å²) in [6.45, 7) is 13.6. The van der Waals surface area contributed by atoms with Gasteiger partial charge in [0.05, 0.1) is 39.3 Å². The highest BCUT2D eigenvalue weighted by Crippen LogP contribution is 2.37. The Labute approximate surface area is 348 Å². The van der Waals surface area contributed by atoms with Crippen molar-refractivity contribution in [2.24, 2.45) is 0 Å². The van der Waals surface area contributed by atoms with Gasteiger partial charge in [0.15, 0.2) is 5.82 Å². The van der Waals surface area contributed by atoms with Crippen LogP contribution in [0.2, 0.25) is 5.04 Å². The van der Waals surface area contributed by atoms with Gasteiger partial charge >= 0.3 is 6.09 Å². The molecule has 3 N–H and O–H groups in total. The highest BCUT2D eigenvalue weighted by molar-refractivity contribution is 6.99. The Balaban J connectivity index is 1.14. The molecule has 0 radical (unpaired) electrons. The molecular formula is C44H59N9O5Si. The summed E-state index contributed by atoms with van der Waals surface area (Å²) in [6, 6.07) is 24.3. The maximum atomic E-state index is 12.3. The van der Waals surface area contributed by atoms with Crippen molar-refractivity contribution in [2.45, 2.75) is 89.6 Å². The number of β-amino-alcohol motifs (C(OH)–C–C–N with tert-alkyl or cyclic N) is 1. The number of methoxy groups -OCH3 is 2. The lowest BCUT2D eigenvalue weighted by Gasteiger charge is -2.43. The Kier molecular flexibility index (Phi) is 13.3. The van der Waals surface area contributed by atoms with Crippen molar-refractivity contribution in [2.75, 3.05) is 57.7 Å². The van der Waals surface area contributed by atoms with Crippen LogP contribution in [0.25, 0.3) is 11.0 Å². The van der Waals surface area contributed by atoms with Crippen LogP contribution in [-0.4, -0.2) is 119 Å². The standard InChI is InChI=1S/C44H59N9O5Si/c1-7-14-32(19-22-58-59(44(2,3)4,36-15-10-8-11-16-36)37-17-12-9-13-18-37)47-41-40-38(48-42(49-41)50-43(55)57-6)26-46-53(40)27-31-25-45-33(23-39(31)56-5)28-52-30-34-24-35(52)29-51(34)20-21-54/h8-13,15-18,23,25-26,32,34-35,54H,7,14,19-22,24,27-30H2,1-6H3,(H2,47,48,49,50,55)/t32-,34+,35+/m0/s1. The third kappa shape index (κ3) is 9.14. The molecule has 2 bridgehead atoms. The fourth-order valence-corrected chi connectivity index (χ4v) is 13.6. The second kappa shape index (κ2) is 18.5. The first-order chi connectivity index (χ1) is 28.6. The molecule has 2 aromatic carbocycles. The van der Waals surface area contributed by atoms with Gasteiger partial charge in [-0.05, 0) is 34.7 Å². The number of aliphatic hydroxyl groups excluding tert-OH is 1. The van der Waals surface area contributed by atoms with Crippen molar-refractivity contribution in [3.05, 3.63) is 90.4 Å². The molecule has 2 aliphatic rings. The van der Waals surface area contributed by atoms with Crippen molar-refractivity contribution in [1.82, 2.24) is 34.5 Å². The number of nitrogens with zero attached hydrogens (tertiary/aromatic N) is 7. The zero-order valence-electron chi connectivity index (χ0n) is 35.2. The molecule has 0 saturated carbocycles. The second-order valence-electron chi connectivity index (χ2n) is 16.7. The van der Waals surface area contributed by atoms with Crippen LogP contribution in [0.3, 0.4) is 0 Å². The molecule has 2 saturated heterocycles. The number of amides is 1. The average Bonchev–Trinajstić information content (AvgIpc) is 3.95. The molecule has 314 valence electrons. The number of carbonyl (C=O) groups excluding carboxylic acids is 1. The van der Waals surface area contributed by atoms with Gasteiger partial charge in [-0.25, -0.2) is 9.78 Å². The van der Waals surface area contributed by atoms with E-state index in [0.717, 1.165) is 68.9 Å². The minimum Gasteiger partial charge on any atom is -0.496 e. The lowest BCUT2D eigenvalue weighted by molar-refractivity contribution is 0.104. The van der Waals surface area contributed by atoms with Gasteiger partial charge < -0.3 is 24.3 Å². The molecular weight excluding hydrogens is 763 g/mol. The lowest BCUT2D eigenvalue weighted by atomic mass is 10.1. The molecule has 0 unspecified atom stereocenters. The molecule has 3 aromatic heterocycles. The summed E-state index contributed by atoms with van der Waals surface area (Å²) in [5.41, 5.74) is 3.07. The largest absolute Gasteiger partial charge is 0.496 e. The maximum absolute atomic E-state index is 12.3. The van der Waals surface area contributed by atoms with Crippen LogP contribution in [0.4, 0.5) is 16.6 Å². The van der Waals surface area contributed by atoms with Crippen molar-refractivity contribution < 1.29 is 23.8 Å². The first-order valence-electron chi connectivity index (χ1n) is 20.8. The summed E-state index contributed by atoms with van der Waals surface area (Å²) in [7, 11) is 0.247. The first kappa shape index (κ1) is 42.2. The third-order valence-electron chi connectivity index (χ3n) is 11.8. The summed E-state index contributed by atoms with van der Waals surface area (Å²) in [6.07, 6.45) is 6.54. The Morgan fingerprint density at radius 1 is 0.949 bits per heavy atom. The SMILES string of the molecule is CCC[C@@H](CCO[Si](c1ccccc1)(c1ccccc1)C(C)(C)C)Nc1nc(NC(=O)OC)nc2cnn(Cc3cnc(CN4C[C@H]5C[C@@H]4CN5CCO)cc3OC)c12. The Morgan fingerprint density at radius 3 is 2.25 bits per heavy atom. The third-order valence-corrected chi connectivity index (χ3v) is 16.9. The number of fused-ring (bicyclic) bond motifs is 3. The van der Waals surface area contributed by atoms with Crippen molar-refractivity contribution >= 4 is 47.6 Å². The molecule has 14 nitrogen and oxygen atoms in total. The number of ether oxygens (including phenoxy) is 2. The van der Waals surface area contributed by atoms with Gasteiger partial charge in [0.25, 0.3) is 8.32 Å². The number of likely N-dealkylation sites (tertiary alicyclic amines) is 2. The van der Waals surface area contributed by atoms with Crippen LogP contribution in [0, 0.1) is 0 Å². The molecule has 2 fully saturated rings. The number of anilines is 2. The van der Waals surface area contributed by atoms with E-state index in [2.05, 4.69) is 114 Å². The van der Waals surface area contributed by atoms with Gasteiger partial charge in [-0.3, -0.25) is 24.8 Å². The molecule has 15 heteroatoms. The Morgan fingerprint density at radius 2 is 1.64 bits per heavy atom. The number of piperazine rings is 1. The Bertz CT molecular complexity index is 2130. The fourth-order valence-electron chi connectivity index (χ4n) is 9.06. The van der Waals surface area contributed by atoms with E-state index >= 15 is 0 Å². The number of hydrogen-bond donors (Lipinski definition) is 3. The lowest BCUT2D eigenvalue weighted by Crippen LogP contribution is -2.66. The number of aliphatic hydroxyl groups is 1. The Hall–Kier alpha value is -4.93. The van der Waals surface area contributed by atoms with Gasteiger partial charge in [0, 0.05) is 68.7 Å². The predicted octanol–water partition coefficient (Wildman–Crippen LogP) is 5.25. The fraction of sp³-hybridized carbons (Fsp3) is 0.477. The highest BCUT2D eigenvalue weighted by atomic mass is 28.4. The van der Waals surface area contributed by atoms with Crippen LogP contribution in [0.1, 0.15) is 64.6 Å². The molecule has 5 heterocycles. The van der Waals surface area contributed by atoms with E-state index in [4.69, 9.17) is 29.0 Å². The number of pyridine rings is 1. The van der Waals surface area contributed by atoms with Gasteiger partial charge in [-0.15, -0.1) is 0 Å². The number of aromatic nitrogens is 5. The van der Waals surface area contributed by atoms with Gasteiger partial charge in [0.2, 0.25) is 5.95 Å². The normalized spacial score (nSPS) is 17.7. The van der Waals surface area contributed by atoms with Crippen LogP contribution >= 0.6 is 0 Å². The van der Waals surface area contributed by atoms with E-state index in [9.17, 15) is 9.90 Å². The average molecular weight is 822 g/mol. The monoisotopic (exact) mass is 821 g/mol. The predicted molar refractivity (Wildman–Crippen MR) is 233 cm³/mol. The minimum atomic E-state index is -2.74. The van der Waals surface area contributed by atoms with E-state index in [1.54, 1.807) is 13.3 Å². The molecule has 3 atom stereocenters. The van der Waals surface area contributed by atoms with Crippen molar-refractivity contribution in [3.8, 4) is 5.75 Å². The molecule has 7 rings (SSSR count). The van der Waals surface area contributed by atoms with Crippen LogP contribution < -0.4 is 25.7 Å². The van der Waals surface area contributed by atoms with Crippen LogP contribution in [-0.2, 0) is 22.3 Å². The number of nitrogens with one attached hydrogen (secondary N) is 2. The van der Waals surface area contributed by atoms with Crippen molar-refractivity contribution in [1.29, 1.82) is 0 Å². The van der Waals surface area contributed by atoms with Crippen molar-refractivity contribution in [3.63, 3.8) is 0 Å². The van der Waals surface area contributed by atoms with E-state index in [-0.39, 0.29) is 23.6 Å². The summed E-state index contributed by atoms with van der Waals surface area (Å²) in [5.74, 6) is 1.39. The molecule has 59 heavy (non-hydrogen) atoms. The van der Waals surface area contributed by atoms with Gasteiger partial charge in [-0.1, -0.05) is 94.8 Å². The molecule has 5 aromatic rings. The summed E-state index contributed by atoms with van der Waals surface area (Å²) in [4.78, 5) is 31.6. The second-order valence-corrected chi connectivity index (χ2v) is 21.0. The quantitative estimate of drug-likeness (QED) is 0.0991. The highest BCUT2D eigenvalue weighted by Gasteiger charge is 2.50. The molecule has 1 amide bonds. The van der Waals surface area contributed by atoms with E-state index in [1.165, 1.54) is 17.5 Å². The maximum Gasteiger partial charge on any atom is 0.413 e. The summed E-state index contributed by atoms with van der Waals surface area (Å²) in [5, 5.41) is 22.9. The smallest absolute Gasteiger partial charge is 0.413 e. The van der Waals surface area contributed by atoms with Gasteiger partial charge in [-0.2, -0.15) is 10.1 Å². The van der Waals surface area contributed by atoms with E-state index in [1.807, 2.05) is 16.9 Å². The van der Waals surface area contributed by atoms with Gasteiger partial charge in [0.1, 0.15) is 16.8 Å². The van der Waals surface area contributed by atoms with E-state index < -0.39 is 14.4 Å². The van der Waals surface area contributed by atoms with Crippen LogP contribution in [0.5, 0.6) is 5.75 Å². The first-order valence-corrected chi connectivity index (χ1v) is 22.7. The molecule has 0 aliphatic carbocycles. The van der Waals surface area contributed by atoms with E-state index in [0.29, 0.717) is 42.1 Å². The minimum absolute atomic E-state index is 0.0160. The molecule has 0 spiro atoms. The summed E-state index contributed by atoms with van der Waals surface area (Å²) < 4.78 is 20.0. The van der Waals surface area contributed by atoms with Crippen LogP contribution in [0.15, 0.2) is 79.1 Å². The zero-order valence-corrected chi connectivity index (χ0v) is 36.2.